The Kier molecular flexibility index (Phi) is 5.47. The standard InChI is InChI=1S/C14H18O2S2/c1-16-12-5-2-4-11(10-12)13(15)6-7-14-17-8-3-9-18-14/h2,4-5,7,10,13,15H,3,6,8-9H2,1H3. The van der Waals surface area contributed by atoms with Gasteiger partial charge in [0.1, 0.15) is 5.75 Å². The van der Waals surface area contributed by atoms with Crippen LogP contribution in [0.15, 0.2) is 34.6 Å². The fraction of sp³-hybridized carbons (Fsp3) is 0.429. The second kappa shape index (κ2) is 7.12. The minimum Gasteiger partial charge on any atom is -0.497 e. The lowest BCUT2D eigenvalue weighted by Gasteiger charge is -2.14. The maximum atomic E-state index is 10.2. The molecule has 4 heteroatoms. The molecule has 0 aliphatic carbocycles. The molecule has 0 amide bonds. The maximum Gasteiger partial charge on any atom is 0.119 e. The van der Waals surface area contributed by atoms with Gasteiger partial charge in [-0.2, -0.15) is 0 Å². The lowest BCUT2D eigenvalue weighted by atomic mass is 10.1. The highest BCUT2D eigenvalue weighted by Crippen LogP contribution is 2.35. The van der Waals surface area contributed by atoms with Crippen LogP contribution in [0.5, 0.6) is 5.75 Å². The van der Waals surface area contributed by atoms with Crippen LogP contribution in [-0.4, -0.2) is 23.7 Å². The van der Waals surface area contributed by atoms with Crippen molar-refractivity contribution in [2.45, 2.75) is 18.9 Å². The minimum absolute atomic E-state index is 0.448. The summed E-state index contributed by atoms with van der Waals surface area (Å²) >= 11 is 3.79. The molecule has 1 N–H and O–H groups in total. The van der Waals surface area contributed by atoms with Gasteiger partial charge in [-0.1, -0.05) is 18.2 Å². The number of aliphatic hydroxyl groups is 1. The molecule has 2 rings (SSSR count). The first kappa shape index (κ1) is 13.8. The molecule has 98 valence electrons. The highest BCUT2D eigenvalue weighted by Gasteiger charge is 2.10. The molecule has 1 saturated heterocycles. The molecular weight excluding hydrogens is 264 g/mol. The first-order valence-electron chi connectivity index (χ1n) is 6.07. The van der Waals surface area contributed by atoms with Crippen molar-refractivity contribution in [1.82, 2.24) is 0 Å². The van der Waals surface area contributed by atoms with E-state index in [9.17, 15) is 5.11 Å². The third-order valence-corrected chi connectivity index (χ3v) is 5.36. The molecule has 1 atom stereocenters. The monoisotopic (exact) mass is 282 g/mol. The van der Waals surface area contributed by atoms with Crippen LogP contribution in [0.4, 0.5) is 0 Å². The minimum atomic E-state index is -0.448. The molecule has 1 unspecified atom stereocenters. The van der Waals surface area contributed by atoms with Gasteiger partial charge < -0.3 is 9.84 Å². The van der Waals surface area contributed by atoms with Gasteiger partial charge in [0.25, 0.3) is 0 Å². The third kappa shape index (κ3) is 3.97. The molecule has 1 aliphatic rings. The van der Waals surface area contributed by atoms with Gasteiger partial charge >= 0.3 is 0 Å². The van der Waals surface area contributed by atoms with Gasteiger partial charge in [-0.25, -0.2) is 0 Å². The summed E-state index contributed by atoms with van der Waals surface area (Å²) in [5.41, 5.74) is 0.914. The van der Waals surface area contributed by atoms with Gasteiger partial charge in [-0.3, -0.25) is 0 Å². The van der Waals surface area contributed by atoms with E-state index in [1.54, 1.807) is 7.11 Å². The van der Waals surface area contributed by atoms with Crippen LogP contribution in [-0.2, 0) is 0 Å². The van der Waals surface area contributed by atoms with Gasteiger partial charge in [0.2, 0.25) is 0 Å². The Morgan fingerprint density at radius 3 is 2.89 bits per heavy atom. The van der Waals surface area contributed by atoms with E-state index >= 15 is 0 Å². The van der Waals surface area contributed by atoms with Crippen molar-refractivity contribution in [3.63, 3.8) is 0 Å². The van der Waals surface area contributed by atoms with Crippen LogP contribution in [0.25, 0.3) is 0 Å². The van der Waals surface area contributed by atoms with Crippen molar-refractivity contribution in [2.24, 2.45) is 0 Å². The summed E-state index contributed by atoms with van der Waals surface area (Å²) < 4.78 is 6.51. The van der Waals surface area contributed by atoms with Crippen LogP contribution >= 0.6 is 23.5 Å². The average Bonchev–Trinajstić information content (AvgIpc) is 2.46. The Morgan fingerprint density at radius 2 is 2.17 bits per heavy atom. The summed E-state index contributed by atoms with van der Waals surface area (Å²) in [4.78, 5) is 0. The van der Waals surface area contributed by atoms with E-state index in [-0.39, 0.29) is 0 Å². The summed E-state index contributed by atoms with van der Waals surface area (Å²) in [5, 5.41) is 10.2. The summed E-state index contributed by atoms with van der Waals surface area (Å²) in [6.45, 7) is 0. The molecule has 1 heterocycles. The lowest BCUT2D eigenvalue weighted by molar-refractivity contribution is 0.181. The zero-order valence-corrected chi connectivity index (χ0v) is 12.1. The van der Waals surface area contributed by atoms with Crippen molar-refractivity contribution in [2.75, 3.05) is 18.6 Å². The summed E-state index contributed by atoms with van der Waals surface area (Å²) in [6, 6.07) is 7.63. The molecule has 1 fully saturated rings. The number of ether oxygens (including phenoxy) is 1. The van der Waals surface area contributed by atoms with Gasteiger partial charge in [0.05, 0.1) is 13.2 Å². The van der Waals surface area contributed by atoms with E-state index in [1.165, 1.54) is 22.2 Å². The van der Waals surface area contributed by atoms with Crippen LogP contribution in [0.3, 0.4) is 0 Å². The molecule has 0 spiro atoms. The summed E-state index contributed by atoms with van der Waals surface area (Å²) in [6.07, 6.45) is 3.66. The number of methoxy groups -OCH3 is 1. The van der Waals surface area contributed by atoms with Crippen molar-refractivity contribution in [1.29, 1.82) is 0 Å². The maximum absolute atomic E-state index is 10.2. The molecular formula is C14H18O2S2. The van der Waals surface area contributed by atoms with Crippen molar-refractivity contribution in [3.8, 4) is 5.75 Å². The second-order valence-corrected chi connectivity index (χ2v) is 6.63. The van der Waals surface area contributed by atoms with Crippen molar-refractivity contribution < 1.29 is 9.84 Å². The highest BCUT2D eigenvalue weighted by molar-refractivity contribution is 8.22. The SMILES string of the molecule is COc1cccc(C(O)CC=C2SCCCS2)c1. The Morgan fingerprint density at radius 1 is 1.39 bits per heavy atom. The second-order valence-electron chi connectivity index (χ2n) is 4.10. The summed E-state index contributed by atoms with van der Waals surface area (Å²) in [5.74, 6) is 3.20. The predicted molar refractivity (Wildman–Crippen MR) is 80.2 cm³/mol. The number of benzene rings is 1. The fourth-order valence-corrected chi connectivity index (χ4v) is 4.18. The van der Waals surface area contributed by atoms with Gasteiger partial charge in [-0.15, -0.1) is 23.5 Å². The number of hydrogen-bond acceptors (Lipinski definition) is 4. The van der Waals surface area contributed by atoms with Gasteiger partial charge in [0, 0.05) is 4.24 Å². The lowest BCUT2D eigenvalue weighted by Crippen LogP contribution is -1.97. The molecule has 1 aromatic carbocycles. The number of rotatable bonds is 4. The first-order chi connectivity index (χ1) is 8.79. The van der Waals surface area contributed by atoms with Crippen LogP contribution < -0.4 is 4.74 Å². The number of aliphatic hydroxyl groups excluding tert-OH is 1. The van der Waals surface area contributed by atoms with Crippen LogP contribution in [0.1, 0.15) is 24.5 Å². The average molecular weight is 282 g/mol. The molecule has 18 heavy (non-hydrogen) atoms. The fourth-order valence-electron chi connectivity index (χ4n) is 1.76. The molecule has 0 aromatic heterocycles. The van der Waals surface area contributed by atoms with E-state index in [0.717, 1.165) is 11.3 Å². The zero-order chi connectivity index (χ0) is 12.8. The zero-order valence-electron chi connectivity index (χ0n) is 10.5. The molecule has 0 saturated carbocycles. The molecule has 1 aliphatic heterocycles. The Bertz CT molecular complexity index is 410. The van der Waals surface area contributed by atoms with Crippen LogP contribution in [0, 0.1) is 0 Å². The highest BCUT2D eigenvalue weighted by atomic mass is 32.2. The molecule has 1 aromatic rings. The topological polar surface area (TPSA) is 29.5 Å². The molecule has 0 radical (unpaired) electrons. The number of thioether (sulfide) groups is 2. The third-order valence-electron chi connectivity index (χ3n) is 2.76. The normalized spacial score (nSPS) is 17.3. The van der Waals surface area contributed by atoms with E-state index < -0.39 is 6.10 Å². The van der Waals surface area contributed by atoms with Crippen molar-refractivity contribution >= 4 is 23.5 Å². The molecule has 0 bridgehead atoms. The van der Waals surface area contributed by atoms with Crippen LogP contribution in [0.2, 0.25) is 0 Å². The molecule has 2 nitrogen and oxygen atoms in total. The summed E-state index contributed by atoms with van der Waals surface area (Å²) in [7, 11) is 1.64. The van der Waals surface area contributed by atoms with Gasteiger partial charge in [0.15, 0.2) is 0 Å². The van der Waals surface area contributed by atoms with E-state index in [2.05, 4.69) is 6.08 Å². The number of hydrogen-bond donors (Lipinski definition) is 1. The quantitative estimate of drug-likeness (QED) is 0.909. The Labute approximate surface area is 117 Å². The largest absolute Gasteiger partial charge is 0.497 e. The van der Waals surface area contributed by atoms with Gasteiger partial charge in [-0.05, 0) is 42.0 Å². The van der Waals surface area contributed by atoms with Crippen molar-refractivity contribution in [3.05, 3.63) is 40.1 Å². The van der Waals surface area contributed by atoms with E-state index in [1.807, 2.05) is 47.8 Å². The smallest absolute Gasteiger partial charge is 0.119 e. The first-order valence-corrected chi connectivity index (χ1v) is 8.04. The Hall–Kier alpha value is -0.580. The van der Waals surface area contributed by atoms with E-state index in [0.29, 0.717) is 6.42 Å². The predicted octanol–water partition coefficient (Wildman–Crippen LogP) is 3.83. The Balaban J connectivity index is 1.95. The van der Waals surface area contributed by atoms with E-state index in [4.69, 9.17) is 4.74 Å².